The smallest absolute Gasteiger partial charge is 0.345 e. The first-order chi connectivity index (χ1) is 7.65. The maximum atomic E-state index is 10.7. The molecular formula is C9H9N3O2S2. The van der Waals surface area contributed by atoms with E-state index in [-0.39, 0.29) is 0 Å². The molecule has 1 N–H and O–H groups in total. The number of hydrogen-bond acceptors (Lipinski definition) is 5. The van der Waals surface area contributed by atoms with Gasteiger partial charge in [-0.3, -0.25) is 4.68 Å². The summed E-state index contributed by atoms with van der Waals surface area (Å²) >= 11 is 2.79. The lowest BCUT2D eigenvalue weighted by Gasteiger charge is -1.92. The summed E-state index contributed by atoms with van der Waals surface area (Å²) in [7, 11) is 1.81. The molecule has 16 heavy (non-hydrogen) atoms. The molecule has 84 valence electrons. The Bertz CT molecular complexity index is 506. The zero-order valence-electron chi connectivity index (χ0n) is 8.45. The van der Waals surface area contributed by atoms with Gasteiger partial charge in [-0.2, -0.15) is 0 Å². The van der Waals surface area contributed by atoms with Crippen molar-refractivity contribution in [2.24, 2.45) is 7.05 Å². The molecule has 2 aromatic heterocycles. The van der Waals surface area contributed by atoms with E-state index in [4.69, 9.17) is 5.11 Å². The standard InChI is InChI=1S/C9H9N3O2S2/c1-12-3-6(10-11-12)4-15-7-2-8(9(13)14)16-5-7/h2-3,5H,4H2,1H3,(H,13,14). The average molecular weight is 255 g/mol. The number of aryl methyl sites for hydroxylation is 1. The van der Waals surface area contributed by atoms with Gasteiger partial charge in [0.2, 0.25) is 0 Å². The van der Waals surface area contributed by atoms with Gasteiger partial charge in [0.1, 0.15) is 4.88 Å². The highest BCUT2D eigenvalue weighted by atomic mass is 32.2. The first kappa shape index (κ1) is 11.2. The number of aromatic nitrogens is 3. The summed E-state index contributed by atoms with van der Waals surface area (Å²) < 4.78 is 1.65. The summed E-state index contributed by atoms with van der Waals surface area (Å²) in [6.07, 6.45) is 1.84. The third-order valence-corrected chi connectivity index (χ3v) is 3.90. The van der Waals surface area contributed by atoms with Crippen molar-refractivity contribution in [3.8, 4) is 0 Å². The van der Waals surface area contributed by atoms with Crippen LogP contribution in [0.1, 0.15) is 15.4 Å². The lowest BCUT2D eigenvalue weighted by atomic mass is 10.5. The van der Waals surface area contributed by atoms with Gasteiger partial charge in [0.15, 0.2) is 0 Å². The van der Waals surface area contributed by atoms with Gasteiger partial charge in [0.05, 0.1) is 5.69 Å². The van der Waals surface area contributed by atoms with Crippen LogP contribution in [-0.4, -0.2) is 26.1 Å². The second kappa shape index (κ2) is 4.67. The fourth-order valence-corrected chi connectivity index (χ4v) is 2.87. The van der Waals surface area contributed by atoms with Crippen LogP contribution in [0.4, 0.5) is 0 Å². The highest BCUT2D eigenvalue weighted by molar-refractivity contribution is 7.98. The first-order valence-corrected chi connectivity index (χ1v) is 6.31. The van der Waals surface area contributed by atoms with Crippen LogP contribution >= 0.6 is 23.1 Å². The van der Waals surface area contributed by atoms with E-state index >= 15 is 0 Å². The zero-order chi connectivity index (χ0) is 11.5. The number of aromatic carboxylic acids is 1. The first-order valence-electron chi connectivity index (χ1n) is 4.45. The largest absolute Gasteiger partial charge is 0.477 e. The maximum Gasteiger partial charge on any atom is 0.345 e. The number of thiophene rings is 1. The molecule has 0 saturated carbocycles. The highest BCUT2D eigenvalue weighted by Gasteiger charge is 2.07. The number of carboxylic acid groups (broad SMARTS) is 1. The van der Waals surface area contributed by atoms with Crippen molar-refractivity contribution in [2.45, 2.75) is 10.6 Å². The van der Waals surface area contributed by atoms with Gasteiger partial charge in [0, 0.05) is 29.3 Å². The number of nitrogens with zero attached hydrogens (tertiary/aromatic N) is 3. The van der Waals surface area contributed by atoms with Crippen LogP contribution in [0.25, 0.3) is 0 Å². The Balaban J connectivity index is 1.97. The van der Waals surface area contributed by atoms with E-state index in [2.05, 4.69) is 10.3 Å². The van der Waals surface area contributed by atoms with E-state index < -0.39 is 5.97 Å². The monoisotopic (exact) mass is 255 g/mol. The van der Waals surface area contributed by atoms with Crippen molar-refractivity contribution in [1.82, 2.24) is 15.0 Å². The Morgan fingerprint density at radius 1 is 1.69 bits per heavy atom. The highest BCUT2D eigenvalue weighted by Crippen LogP contribution is 2.27. The summed E-state index contributed by atoms with van der Waals surface area (Å²) in [6, 6.07) is 1.67. The molecule has 0 spiro atoms. The summed E-state index contributed by atoms with van der Waals surface area (Å²) in [5.41, 5.74) is 0.885. The minimum Gasteiger partial charge on any atom is -0.477 e. The molecule has 0 aromatic carbocycles. The third-order valence-electron chi connectivity index (χ3n) is 1.82. The second-order valence-electron chi connectivity index (χ2n) is 3.12. The van der Waals surface area contributed by atoms with Crippen LogP contribution < -0.4 is 0 Å². The zero-order valence-corrected chi connectivity index (χ0v) is 10.1. The summed E-state index contributed by atoms with van der Waals surface area (Å²) in [6.45, 7) is 0. The van der Waals surface area contributed by atoms with Crippen molar-refractivity contribution in [3.05, 3.63) is 28.2 Å². The molecule has 0 fully saturated rings. The molecule has 0 unspecified atom stereocenters. The fourth-order valence-electron chi connectivity index (χ4n) is 1.13. The molecule has 2 rings (SSSR count). The molecule has 0 radical (unpaired) electrons. The number of carboxylic acids is 1. The van der Waals surface area contributed by atoms with Crippen molar-refractivity contribution in [2.75, 3.05) is 0 Å². The molecule has 0 saturated heterocycles. The van der Waals surface area contributed by atoms with E-state index in [1.54, 1.807) is 22.5 Å². The molecule has 5 nitrogen and oxygen atoms in total. The van der Waals surface area contributed by atoms with Crippen molar-refractivity contribution >= 4 is 29.1 Å². The minimum atomic E-state index is -0.878. The van der Waals surface area contributed by atoms with E-state index in [9.17, 15) is 4.79 Å². The Labute approximate surface area is 100 Å². The Morgan fingerprint density at radius 3 is 3.06 bits per heavy atom. The van der Waals surface area contributed by atoms with Crippen LogP contribution in [0.5, 0.6) is 0 Å². The molecule has 0 aliphatic heterocycles. The molecular weight excluding hydrogens is 246 g/mol. The topological polar surface area (TPSA) is 68.0 Å². The summed E-state index contributed by atoms with van der Waals surface area (Å²) in [5, 5.41) is 18.4. The molecule has 2 aromatic rings. The van der Waals surface area contributed by atoms with Gasteiger partial charge in [-0.15, -0.1) is 28.2 Å². The van der Waals surface area contributed by atoms with Crippen molar-refractivity contribution < 1.29 is 9.90 Å². The van der Waals surface area contributed by atoms with Crippen LogP contribution in [0.3, 0.4) is 0 Å². The molecule has 2 heterocycles. The number of carbonyl (C=O) groups is 1. The molecule has 0 atom stereocenters. The Morgan fingerprint density at radius 2 is 2.50 bits per heavy atom. The van der Waals surface area contributed by atoms with Gasteiger partial charge >= 0.3 is 5.97 Å². The van der Waals surface area contributed by atoms with E-state index in [0.29, 0.717) is 10.6 Å². The Kier molecular flexibility index (Phi) is 3.25. The van der Waals surface area contributed by atoms with Gasteiger partial charge in [-0.1, -0.05) is 5.21 Å². The third kappa shape index (κ3) is 2.61. The Hall–Kier alpha value is -1.34. The maximum absolute atomic E-state index is 10.7. The molecule has 0 aliphatic carbocycles. The van der Waals surface area contributed by atoms with Gasteiger partial charge in [-0.25, -0.2) is 4.79 Å². The van der Waals surface area contributed by atoms with E-state index in [1.165, 1.54) is 11.3 Å². The average Bonchev–Trinajstić information content (AvgIpc) is 2.83. The van der Waals surface area contributed by atoms with E-state index in [0.717, 1.165) is 10.6 Å². The summed E-state index contributed by atoms with van der Waals surface area (Å²) in [4.78, 5) is 12.0. The minimum absolute atomic E-state index is 0.363. The predicted molar refractivity (Wildman–Crippen MR) is 61.8 cm³/mol. The van der Waals surface area contributed by atoms with Crippen LogP contribution in [0.2, 0.25) is 0 Å². The lowest BCUT2D eigenvalue weighted by molar-refractivity contribution is 0.0702. The molecule has 0 amide bonds. The SMILES string of the molecule is Cn1cc(CSc2csc(C(=O)O)c2)nn1. The van der Waals surface area contributed by atoms with E-state index in [1.807, 2.05) is 18.6 Å². The van der Waals surface area contributed by atoms with Crippen LogP contribution in [0, 0.1) is 0 Å². The van der Waals surface area contributed by atoms with Crippen LogP contribution in [0.15, 0.2) is 22.5 Å². The molecule has 7 heteroatoms. The summed E-state index contributed by atoms with van der Waals surface area (Å²) in [5.74, 6) is -0.180. The second-order valence-corrected chi connectivity index (χ2v) is 5.08. The molecule has 0 bridgehead atoms. The van der Waals surface area contributed by atoms with Gasteiger partial charge < -0.3 is 5.11 Å². The quantitative estimate of drug-likeness (QED) is 0.845. The van der Waals surface area contributed by atoms with Crippen molar-refractivity contribution in [3.63, 3.8) is 0 Å². The number of hydrogen-bond donors (Lipinski definition) is 1. The van der Waals surface area contributed by atoms with Gasteiger partial charge in [0.25, 0.3) is 0 Å². The normalized spacial score (nSPS) is 10.6. The number of thioether (sulfide) groups is 1. The van der Waals surface area contributed by atoms with Crippen LogP contribution in [-0.2, 0) is 12.8 Å². The van der Waals surface area contributed by atoms with Gasteiger partial charge in [-0.05, 0) is 6.07 Å². The number of rotatable bonds is 4. The molecule has 0 aliphatic rings. The predicted octanol–water partition coefficient (Wildman–Crippen LogP) is 1.87. The fraction of sp³-hybridized carbons (Fsp3) is 0.222. The lowest BCUT2D eigenvalue weighted by Crippen LogP contribution is -1.89. The van der Waals surface area contributed by atoms with Crippen molar-refractivity contribution in [1.29, 1.82) is 0 Å².